The fraction of sp³-hybridized carbons (Fsp3) is 0.462. The quantitative estimate of drug-likeness (QED) is 0.907. The van der Waals surface area contributed by atoms with Crippen LogP contribution in [-0.4, -0.2) is 26.8 Å². The minimum absolute atomic E-state index is 0.0762. The Hall–Kier alpha value is -2.32. The molecule has 0 bridgehead atoms. The van der Waals surface area contributed by atoms with Gasteiger partial charge in [0.05, 0.1) is 17.6 Å². The molecule has 0 atom stereocenters. The van der Waals surface area contributed by atoms with Crippen molar-refractivity contribution < 1.29 is 13.2 Å². The van der Waals surface area contributed by atoms with Crippen molar-refractivity contribution in [1.29, 1.82) is 0 Å². The van der Waals surface area contributed by atoms with Crippen LogP contribution in [0.15, 0.2) is 12.4 Å². The van der Waals surface area contributed by atoms with Crippen LogP contribution in [0.2, 0.25) is 0 Å². The van der Waals surface area contributed by atoms with Gasteiger partial charge in [-0.1, -0.05) is 13.8 Å². The maximum Gasteiger partial charge on any atom is 0.421 e. The van der Waals surface area contributed by atoms with Gasteiger partial charge in [0.2, 0.25) is 5.95 Å². The van der Waals surface area contributed by atoms with Gasteiger partial charge in [0, 0.05) is 20.3 Å². The molecule has 22 heavy (non-hydrogen) atoms. The molecule has 0 aliphatic heterocycles. The van der Waals surface area contributed by atoms with Gasteiger partial charge < -0.3 is 10.6 Å². The minimum Gasteiger partial charge on any atom is -0.372 e. The first-order valence-electron chi connectivity index (χ1n) is 6.65. The summed E-state index contributed by atoms with van der Waals surface area (Å²) < 4.78 is 40.1. The molecule has 0 aliphatic carbocycles. The van der Waals surface area contributed by atoms with E-state index in [9.17, 15) is 13.2 Å². The molecule has 2 aromatic rings. The van der Waals surface area contributed by atoms with Gasteiger partial charge in [-0.05, 0) is 5.92 Å². The minimum atomic E-state index is -4.51. The van der Waals surface area contributed by atoms with Gasteiger partial charge >= 0.3 is 6.18 Å². The Labute approximate surface area is 125 Å². The molecule has 0 saturated carbocycles. The summed E-state index contributed by atoms with van der Waals surface area (Å²) in [4.78, 5) is 7.61. The van der Waals surface area contributed by atoms with Crippen LogP contribution < -0.4 is 10.6 Å². The molecule has 0 aromatic carbocycles. The number of alkyl halides is 3. The molecule has 0 spiro atoms. The van der Waals surface area contributed by atoms with Crippen LogP contribution in [0.5, 0.6) is 0 Å². The molecule has 0 unspecified atom stereocenters. The third-order valence-corrected chi connectivity index (χ3v) is 3.11. The summed E-state index contributed by atoms with van der Waals surface area (Å²) in [5.74, 6) is -0.0135. The first-order valence-corrected chi connectivity index (χ1v) is 6.65. The van der Waals surface area contributed by atoms with E-state index < -0.39 is 11.7 Å². The number of halogens is 3. The molecule has 2 heterocycles. The summed E-state index contributed by atoms with van der Waals surface area (Å²) in [7, 11) is 3.18. The predicted octanol–water partition coefficient (Wildman–Crippen LogP) is 3.14. The van der Waals surface area contributed by atoms with E-state index in [-0.39, 0.29) is 17.7 Å². The van der Waals surface area contributed by atoms with E-state index in [0.29, 0.717) is 5.69 Å². The largest absolute Gasteiger partial charge is 0.421 e. The first kappa shape index (κ1) is 16.1. The standard InChI is InChI=1S/C13H17F3N6/c1-7(2)10-9(6-19-22(10)4)20-12-18-5-8(13(14,15)16)11(17-3)21-12/h5-7H,1-4H3,(H2,17,18,20,21). The van der Waals surface area contributed by atoms with Crippen molar-refractivity contribution in [2.45, 2.75) is 25.9 Å². The zero-order valence-electron chi connectivity index (χ0n) is 12.7. The highest BCUT2D eigenvalue weighted by atomic mass is 19.4. The lowest BCUT2D eigenvalue weighted by Crippen LogP contribution is -2.13. The van der Waals surface area contributed by atoms with Crippen LogP contribution >= 0.6 is 0 Å². The van der Waals surface area contributed by atoms with E-state index in [4.69, 9.17) is 0 Å². The van der Waals surface area contributed by atoms with Crippen LogP contribution in [-0.2, 0) is 13.2 Å². The Morgan fingerprint density at radius 2 is 1.91 bits per heavy atom. The van der Waals surface area contributed by atoms with Gasteiger partial charge in [-0.3, -0.25) is 4.68 Å². The lowest BCUT2D eigenvalue weighted by Gasteiger charge is -2.14. The number of aryl methyl sites for hydroxylation is 1. The molecular formula is C13H17F3N6. The molecule has 0 radical (unpaired) electrons. The fourth-order valence-corrected chi connectivity index (χ4v) is 2.19. The van der Waals surface area contributed by atoms with Crippen molar-refractivity contribution in [3.63, 3.8) is 0 Å². The van der Waals surface area contributed by atoms with Gasteiger partial charge in [0.15, 0.2) is 0 Å². The number of nitrogens with one attached hydrogen (secondary N) is 2. The molecule has 0 saturated heterocycles. The van der Waals surface area contributed by atoms with E-state index in [1.54, 1.807) is 17.9 Å². The van der Waals surface area contributed by atoms with Gasteiger partial charge in [0.1, 0.15) is 11.4 Å². The van der Waals surface area contributed by atoms with Crippen molar-refractivity contribution in [1.82, 2.24) is 19.7 Å². The smallest absolute Gasteiger partial charge is 0.372 e. The van der Waals surface area contributed by atoms with E-state index >= 15 is 0 Å². The van der Waals surface area contributed by atoms with Crippen molar-refractivity contribution >= 4 is 17.5 Å². The summed E-state index contributed by atoms with van der Waals surface area (Å²) in [6, 6.07) is 0. The van der Waals surface area contributed by atoms with E-state index in [0.717, 1.165) is 11.9 Å². The third kappa shape index (κ3) is 3.12. The molecule has 2 N–H and O–H groups in total. The van der Waals surface area contributed by atoms with Gasteiger partial charge in [0.25, 0.3) is 0 Å². The van der Waals surface area contributed by atoms with Crippen molar-refractivity contribution in [2.24, 2.45) is 7.05 Å². The van der Waals surface area contributed by atoms with Crippen molar-refractivity contribution in [3.05, 3.63) is 23.7 Å². The highest BCUT2D eigenvalue weighted by molar-refractivity contribution is 5.58. The number of hydrogen-bond acceptors (Lipinski definition) is 5. The zero-order valence-corrected chi connectivity index (χ0v) is 12.7. The SMILES string of the molecule is CNc1nc(Nc2cnn(C)c2C(C)C)ncc1C(F)(F)F. The molecule has 2 rings (SSSR count). The van der Waals surface area contributed by atoms with Crippen molar-refractivity contribution in [2.75, 3.05) is 17.7 Å². The number of hydrogen-bond donors (Lipinski definition) is 2. The maximum atomic E-state index is 12.8. The van der Waals surface area contributed by atoms with E-state index in [2.05, 4.69) is 25.7 Å². The fourth-order valence-electron chi connectivity index (χ4n) is 2.19. The second-order valence-corrected chi connectivity index (χ2v) is 5.05. The van der Waals surface area contributed by atoms with E-state index in [1.807, 2.05) is 13.8 Å². The molecule has 6 nitrogen and oxygen atoms in total. The Bertz CT molecular complexity index is 662. The monoisotopic (exact) mass is 314 g/mol. The molecule has 120 valence electrons. The molecule has 0 aliphatic rings. The molecule has 0 fully saturated rings. The van der Waals surface area contributed by atoms with Gasteiger partial charge in [-0.2, -0.15) is 23.3 Å². The number of nitrogens with zero attached hydrogens (tertiary/aromatic N) is 4. The Kier molecular flexibility index (Phi) is 4.25. The van der Waals surface area contributed by atoms with Gasteiger partial charge in [-0.25, -0.2) is 4.98 Å². The summed E-state index contributed by atoms with van der Waals surface area (Å²) in [5, 5.41) is 9.49. The topological polar surface area (TPSA) is 67.7 Å². The third-order valence-electron chi connectivity index (χ3n) is 3.11. The van der Waals surface area contributed by atoms with E-state index in [1.165, 1.54) is 7.05 Å². The maximum absolute atomic E-state index is 12.8. The van der Waals surface area contributed by atoms with Crippen LogP contribution in [0.4, 0.5) is 30.6 Å². The number of rotatable bonds is 4. The van der Waals surface area contributed by atoms with Crippen LogP contribution in [0, 0.1) is 0 Å². The zero-order chi connectivity index (χ0) is 16.5. The highest BCUT2D eigenvalue weighted by Crippen LogP contribution is 2.34. The summed E-state index contributed by atoms with van der Waals surface area (Å²) in [6.07, 6.45) is -2.16. The average Bonchev–Trinajstić information content (AvgIpc) is 2.78. The molecule has 2 aromatic heterocycles. The Balaban J connectivity index is 2.36. The summed E-state index contributed by atoms with van der Waals surface area (Å²) >= 11 is 0. The summed E-state index contributed by atoms with van der Waals surface area (Å²) in [6.45, 7) is 3.99. The lowest BCUT2D eigenvalue weighted by molar-refractivity contribution is -0.137. The van der Waals surface area contributed by atoms with Crippen LogP contribution in [0.3, 0.4) is 0 Å². The van der Waals surface area contributed by atoms with Crippen molar-refractivity contribution in [3.8, 4) is 0 Å². The molecular weight excluding hydrogens is 297 g/mol. The normalized spacial score (nSPS) is 11.8. The Morgan fingerprint density at radius 1 is 1.23 bits per heavy atom. The second kappa shape index (κ2) is 5.82. The average molecular weight is 314 g/mol. The molecule has 9 heteroatoms. The van der Waals surface area contributed by atoms with Crippen LogP contribution in [0.1, 0.15) is 31.0 Å². The predicted molar refractivity (Wildman–Crippen MR) is 77.2 cm³/mol. The first-order chi connectivity index (χ1) is 10.2. The van der Waals surface area contributed by atoms with Gasteiger partial charge in [-0.15, -0.1) is 0 Å². The second-order valence-electron chi connectivity index (χ2n) is 5.05. The molecule has 0 amide bonds. The van der Waals surface area contributed by atoms with Crippen LogP contribution in [0.25, 0.3) is 0 Å². The Morgan fingerprint density at radius 3 is 2.45 bits per heavy atom. The number of aromatic nitrogens is 4. The number of anilines is 3. The lowest BCUT2D eigenvalue weighted by atomic mass is 10.1. The summed E-state index contributed by atoms with van der Waals surface area (Å²) in [5.41, 5.74) is 0.671. The highest BCUT2D eigenvalue weighted by Gasteiger charge is 2.35.